The van der Waals surface area contributed by atoms with Crippen LogP contribution in [0.5, 0.6) is 0 Å². The number of benzene rings is 2. The van der Waals surface area contributed by atoms with Gasteiger partial charge in [0.15, 0.2) is 5.17 Å². The number of nitro benzene ring substituents is 1. The number of amidine groups is 1. The first kappa shape index (κ1) is 20.8. The Morgan fingerprint density at radius 1 is 1.19 bits per heavy atom. The summed E-state index contributed by atoms with van der Waals surface area (Å²) < 4.78 is 5.72. The van der Waals surface area contributed by atoms with Crippen LogP contribution in [0.25, 0.3) is 11.3 Å². The number of rotatable bonds is 6. The third-order valence-corrected chi connectivity index (χ3v) is 5.73. The molecule has 3 aromatic rings. The summed E-state index contributed by atoms with van der Waals surface area (Å²) in [6.07, 6.45) is 1.80. The van der Waals surface area contributed by atoms with Gasteiger partial charge in [-0.2, -0.15) is 5.10 Å². The first-order valence-electron chi connectivity index (χ1n) is 9.15. The maximum Gasteiger partial charge on any atom is 0.269 e. The number of thioether (sulfide) groups is 1. The van der Waals surface area contributed by atoms with Crippen LogP contribution in [0, 0.1) is 10.1 Å². The molecule has 2 heterocycles. The zero-order valence-corrected chi connectivity index (χ0v) is 17.5. The van der Waals surface area contributed by atoms with Crippen LogP contribution in [0.3, 0.4) is 0 Å². The number of furan rings is 1. The summed E-state index contributed by atoms with van der Waals surface area (Å²) in [5, 5.41) is 22.2. The van der Waals surface area contributed by atoms with Crippen molar-refractivity contribution in [3.63, 3.8) is 0 Å². The second-order valence-electron chi connectivity index (χ2n) is 6.59. The molecule has 1 saturated heterocycles. The smallest absolute Gasteiger partial charge is 0.269 e. The predicted molar refractivity (Wildman–Crippen MR) is 121 cm³/mol. The molecule has 1 aliphatic rings. The minimum atomic E-state index is -0.458. The number of non-ortho nitro benzene ring substituents is 1. The molecular weight excluding hydrogens is 440 g/mol. The van der Waals surface area contributed by atoms with Crippen LogP contribution in [0.4, 0.5) is 5.69 Å². The van der Waals surface area contributed by atoms with Crippen molar-refractivity contribution in [2.45, 2.75) is 11.7 Å². The molecule has 31 heavy (non-hydrogen) atoms. The van der Waals surface area contributed by atoms with E-state index >= 15 is 0 Å². The van der Waals surface area contributed by atoms with Gasteiger partial charge in [-0.3, -0.25) is 14.9 Å². The molecule has 156 valence electrons. The van der Waals surface area contributed by atoms with Gasteiger partial charge in [0.05, 0.1) is 16.4 Å². The lowest BCUT2D eigenvalue weighted by atomic mass is 10.1. The second-order valence-corrected chi connectivity index (χ2v) is 8.21. The Hall–Kier alpha value is -3.43. The quantitative estimate of drug-likeness (QED) is 0.330. The number of carbonyl (C=O) groups excluding carboxylic acids is 1. The van der Waals surface area contributed by atoms with E-state index in [9.17, 15) is 14.9 Å². The summed E-state index contributed by atoms with van der Waals surface area (Å²) in [6.45, 7) is 0. The first-order chi connectivity index (χ1) is 15.0. The number of hydrogen-bond donors (Lipinski definition) is 1. The normalized spacial score (nSPS) is 17.4. The van der Waals surface area contributed by atoms with E-state index in [2.05, 4.69) is 15.5 Å². The highest BCUT2D eigenvalue weighted by Crippen LogP contribution is 2.25. The molecule has 0 saturated carbocycles. The van der Waals surface area contributed by atoms with E-state index < -0.39 is 10.2 Å². The number of nitro groups is 1. The number of amides is 1. The SMILES string of the molecule is O=C1N/C(=N\N=C\c2ccc(-c3ccc(Cl)cc3)o2)SC1Cc1cccc([N+](=O)[O-])c1. The van der Waals surface area contributed by atoms with Gasteiger partial charge >= 0.3 is 0 Å². The predicted octanol–water partition coefficient (Wildman–Crippen LogP) is 4.67. The first-order valence-corrected chi connectivity index (χ1v) is 10.4. The van der Waals surface area contributed by atoms with Crippen molar-refractivity contribution in [3.8, 4) is 11.3 Å². The summed E-state index contributed by atoms with van der Waals surface area (Å²) in [5.74, 6) is 0.969. The van der Waals surface area contributed by atoms with Gasteiger partial charge in [-0.1, -0.05) is 35.5 Å². The van der Waals surface area contributed by atoms with E-state index in [4.69, 9.17) is 16.0 Å². The molecule has 10 heteroatoms. The van der Waals surface area contributed by atoms with Gasteiger partial charge in [0.25, 0.3) is 5.69 Å². The Morgan fingerprint density at radius 3 is 2.77 bits per heavy atom. The van der Waals surface area contributed by atoms with Crippen molar-refractivity contribution in [2.75, 3.05) is 0 Å². The van der Waals surface area contributed by atoms with Gasteiger partial charge in [0, 0.05) is 22.7 Å². The van der Waals surface area contributed by atoms with Gasteiger partial charge in [-0.05, 0) is 48.4 Å². The Labute approximate surface area is 186 Å². The number of nitrogens with zero attached hydrogens (tertiary/aromatic N) is 3. The van der Waals surface area contributed by atoms with Gasteiger partial charge in [0.1, 0.15) is 11.5 Å². The fourth-order valence-corrected chi connectivity index (χ4v) is 4.02. The van der Waals surface area contributed by atoms with Crippen molar-refractivity contribution >= 4 is 46.3 Å². The highest BCUT2D eigenvalue weighted by Gasteiger charge is 2.30. The van der Waals surface area contributed by atoms with Crippen LogP contribution in [0.2, 0.25) is 5.02 Å². The molecule has 0 radical (unpaired) electrons. The van der Waals surface area contributed by atoms with Crippen LogP contribution >= 0.6 is 23.4 Å². The Balaban J connectivity index is 1.38. The van der Waals surface area contributed by atoms with E-state index in [1.807, 2.05) is 18.2 Å². The van der Waals surface area contributed by atoms with E-state index in [-0.39, 0.29) is 11.6 Å². The third kappa shape index (κ3) is 5.19. The third-order valence-electron chi connectivity index (χ3n) is 4.41. The summed E-state index contributed by atoms with van der Waals surface area (Å²) in [7, 11) is 0. The zero-order chi connectivity index (χ0) is 21.8. The molecule has 1 fully saturated rings. The minimum Gasteiger partial charge on any atom is -0.455 e. The topological polar surface area (TPSA) is 110 Å². The summed E-state index contributed by atoms with van der Waals surface area (Å²) in [5.41, 5.74) is 1.59. The molecule has 1 aliphatic heterocycles. The summed E-state index contributed by atoms with van der Waals surface area (Å²) >= 11 is 7.12. The van der Waals surface area contributed by atoms with Gasteiger partial charge < -0.3 is 9.73 Å². The lowest BCUT2D eigenvalue weighted by Gasteiger charge is -2.04. The monoisotopic (exact) mass is 454 g/mol. The largest absolute Gasteiger partial charge is 0.455 e. The maximum atomic E-state index is 12.2. The van der Waals surface area contributed by atoms with E-state index in [0.717, 1.165) is 5.56 Å². The molecule has 2 aromatic carbocycles. The van der Waals surface area contributed by atoms with Gasteiger partial charge in [-0.25, -0.2) is 0 Å². The molecular formula is C21H15ClN4O4S. The van der Waals surface area contributed by atoms with Crippen LogP contribution in [0.1, 0.15) is 11.3 Å². The molecule has 8 nitrogen and oxygen atoms in total. The van der Waals surface area contributed by atoms with Gasteiger partial charge in [-0.15, -0.1) is 5.10 Å². The lowest BCUT2D eigenvalue weighted by Crippen LogP contribution is -2.25. The van der Waals surface area contributed by atoms with Crippen molar-refractivity contribution in [1.29, 1.82) is 0 Å². The van der Waals surface area contributed by atoms with Crippen molar-refractivity contribution < 1.29 is 14.1 Å². The number of nitrogens with one attached hydrogen (secondary N) is 1. The molecule has 4 rings (SSSR count). The maximum absolute atomic E-state index is 12.2. The molecule has 1 N–H and O–H groups in total. The molecule has 0 bridgehead atoms. The van der Waals surface area contributed by atoms with E-state index in [0.29, 0.717) is 33.7 Å². The number of halogens is 1. The molecule has 1 atom stereocenters. The van der Waals surface area contributed by atoms with Gasteiger partial charge in [0.2, 0.25) is 5.91 Å². The van der Waals surface area contributed by atoms with Crippen molar-refractivity contribution in [3.05, 3.63) is 87.1 Å². The second kappa shape index (κ2) is 9.15. The van der Waals surface area contributed by atoms with Crippen LogP contribution in [-0.2, 0) is 11.2 Å². The average molecular weight is 455 g/mol. The fraction of sp³-hybridized carbons (Fsp3) is 0.0952. The molecule has 0 aliphatic carbocycles. The Bertz CT molecular complexity index is 1190. The van der Waals surface area contributed by atoms with Crippen molar-refractivity contribution in [2.24, 2.45) is 10.2 Å². The average Bonchev–Trinajstić information content (AvgIpc) is 3.36. The lowest BCUT2D eigenvalue weighted by molar-refractivity contribution is -0.384. The Kier molecular flexibility index (Phi) is 6.15. The van der Waals surface area contributed by atoms with E-state index in [1.165, 1.54) is 30.1 Å². The van der Waals surface area contributed by atoms with Crippen LogP contribution in [-0.4, -0.2) is 27.5 Å². The summed E-state index contributed by atoms with van der Waals surface area (Å²) in [4.78, 5) is 22.7. The molecule has 1 unspecified atom stereocenters. The van der Waals surface area contributed by atoms with Crippen LogP contribution in [0.15, 0.2) is 75.3 Å². The summed E-state index contributed by atoms with van der Waals surface area (Å²) in [6, 6.07) is 17.1. The molecule has 0 spiro atoms. The van der Waals surface area contributed by atoms with Crippen molar-refractivity contribution in [1.82, 2.24) is 5.32 Å². The fourth-order valence-electron chi connectivity index (χ4n) is 2.93. The van der Waals surface area contributed by atoms with Crippen LogP contribution < -0.4 is 5.32 Å². The minimum absolute atomic E-state index is 0.00388. The zero-order valence-electron chi connectivity index (χ0n) is 15.9. The standard InChI is InChI=1S/C21H15ClN4O4S/c22-15-6-4-14(5-7-15)18-9-8-17(30-18)12-23-25-21-24-20(27)19(31-21)11-13-2-1-3-16(10-13)26(28)29/h1-10,12,19H,11H2,(H,24,25,27)/b23-12+. The molecule has 1 amide bonds. The molecule has 1 aromatic heterocycles. The Morgan fingerprint density at radius 2 is 2.00 bits per heavy atom. The highest BCUT2D eigenvalue weighted by molar-refractivity contribution is 8.15. The number of carbonyl (C=O) groups is 1. The highest BCUT2D eigenvalue weighted by atomic mass is 35.5. The van der Waals surface area contributed by atoms with E-state index in [1.54, 1.807) is 30.3 Å². The number of hydrogen-bond acceptors (Lipinski definition) is 7.